The third kappa shape index (κ3) is 5.98. The second kappa shape index (κ2) is 9.05. The molecule has 0 saturated heterocycles. The first-order valence-corrected chi connectivity index (χ1v) is 7.42. The average molecular weight is 283 g/mol. The Balaban J connectivity index is 2.40. The van der Waals surface area contributed by atoms with E-state index in [0.29, 0.717) is 12.1 Å². The van der Waals surface area contributed by atoms with Crippen molar-refractivity contribution >= 4 is 0 Å². The molecule has 1 aromatic rings. The van der Waals surface area contributed by atoms with E-state index in [0.717, 1.165) is 38.5 Å². The maximum absolute atomic E-state index is 5.21. The molecule has 0 radical (unpaired) electrons. The third-order valence-electron chi connectivity index (χ3n) is 3.33. The van der Waals surface area contributed by atoms with Crippen LogP contribution in [0, 0.1) is 0 Å². The zero-order chi connectivity index (χ0) is 15.0. The largest absolute Gasteiger partial charge is 0.383 e. The summed E-state index contributed by atoms with van der Waals surface area (Å²) < 4.78 is 7.13. The molecule has 0 bridgehead atoms. The Morgan fingerprint density at radius 1 is 1.40 bits per heavy atom. The maximum Gasteiger partial charge on any atom is 0.0964 e. The van der Waals surface area contributed by atoms with Gasteiger partial charge in [0.25, 0.3) is 0 Å². The number of nitrogens with one attached hydrogen (secondary N) is 1. The van der Waals surface area contributed by atoms with E-state index in [1.807, 2.05) is 10.9 Å². The lowest BCUT2D eigenvalue weighted by Gasteiger charge is -2.26. The number of hydrogen-bond acceptors (Lipinski definition) is 5. The Morgan fingerprint density at radius 2 is 2.15 bits per heavy atom. The smallest absolute Gasteiger partial charge is 0.0964 e. The highest BCUT2D eigenvalue weighted by molar-refractivity contribution is 4.91. The summed E-state index contributed by atoms with van der Waals surface area (Å²) in [6.07, 6.45) is 2.02. The first kappa shape index (κ1) is 17.1. The van der Waals surface area contributed by atoms with Crippen molar-refractivity contribution in [1.82, 2.24) is 25.2 Å². The summed E-state index contributed by atoms with van der Waals surface area (Å²) in [7, 11) is 1.75. The van der Waals surface area contributed by atoms with Gasteiger partial charge in [0.2, 0.25) is 0 Å². The van der Waals surface area contributed by atoms with Crippen LogP contribution in [-0.2, 0) is 17.8 Å². The molecule has 116 valence electrons. The number of methoxy groups -OCH3 is 1. The SMILES string of the molecule is CCN(CCn1cc(CNC(C)C)nn1)C(C)COC. The quantitative estimate of drug-likeness (QED) is 0.698. The van der Waals surface area contributed by atoms with E-state index in [4.69, 9.17) is 4.74 Å². The van der Waals surface area contributed by atoms with Gasteiger partial charge in [0, 0.05) is 38.5 Å². The highest BCUT2D eigenvalue weighted by atomic mass is 16.5. The van der Waals surface area contributed by atoms with Gasteiger partial charge < -0.3 is 10.1 Å². The molecule has 0 spiro atoms. The Morgan fingerprint density at radius 3 is 2.75 bits per heavy atom. The number of nitrogens with zero attached hydrogens (tertiary/aromatic N) is 4. The molecule has 1 atom stereocenters. The molecular formula is C14H29N5O. The van der Waals surface area contributed by atoms with Crippen molar-refractivity contribution < 1.29 is 4.74 Å². The number of ether oxygens (including phenoxy) is 1. The second-order valence-electron chi connectivity index (χ2n) is 5.44. The minimum atomic E-state index is 0.426. The molecule has 0 fully saturated rings. The number of hydrogen-bond donors (Lipinski definition) is 1. The monoisotopic (exact) mass is 283 g/mol. The van der Waals surface area contributed by atoms with Gasteiger partial charge in [-0.1, -0.05) is 26.0 Å². The zero-order valence-electron chi connectivity index (χ0n) is 13.5. The molecule has 20 heavy (non-hydrogen) atoms. The molecule has 1 rings (SSSR count). The Kier molecular flexibility index (Phi) is 7.72. The Labute approximate surface area is 122 Å². The molecule has 6 heteroatoms. The molecular weight excluding hydrogens is 254 g/mol. The summed E-state index contributed by atoms with van der Waals surface area (Å²) in [4.78, 5) is 2.39. The van der Waals surface area contributed by atoms with Gasteiger partial charge >= 0.3 is 0 Å². The minimum absolute atomic E-state index is 0.426. The van der Waals surface area contributed by atoms with Crippen LogP contribution in [0.1, 0.15) is 33.4 Å². The van der Waals surface area contributed by atoms with Crippen LogP contribution < -0.4 is 5.32 Å². The summed E-state index contributed by atoms with van der Waals surface area (Å²) in [6.45, 7) is 13.0. The molecule has 0 aliphatic carbocycles. The van der Waals surface area contributed by atoms with Crippen LogP contribution in [-0.4, -0.2) is 58.8 Å². The van der Waals surface area contributed by atoms with E-state index in [1.165, 1.54) is 0 Å². The van der Waals surface area contributed by atoms with Gasteiger partial charge in [0.1, 0.15) is 0 Å². The molecule has 1 N–H and O–H groups in total. The highest BCUT2D eigenvalue weighted by Gasteiger charge is 2.12. The molecule has 0 saturated carbocycles. The summed E-state index contributed by atoms with van der Waals surface area (Å²) in [5.41, 5.74) is 0.992. The standard InChI is InChI=1S/C14H29N5O/c1-6-18(13(4)11-20-5)7-8-19-10-14(16-17-19)9-15-12(2)3/h10,12-13,15H,6-9,11H2,1-5H3. The van der Waals surface area contributed by atoms with Gasteiger partial charge in [0.05, 0.1) is 18.8 Å². The van der Waals surface area contributed by atoms with Gasteiger partial charge in [-0.15, -0.1) is 5.10 Å². The molecule has 0 aliphatic rings. The van der Waals surface area contributed by atoms with E-state index >= 15 is 0 Å². The second-order valence-corrected chi connectivity index (χ2v) is 5.44. The number of likely N-dealkylation sites (N-methyl/N-ethyl adjacent to an activating group) is 1. The molecule has 1 aromatic heterocycles. The number of rotatable bonds is 10. The average Bonchev–Trinajstić information content (AvgIpc) is 2.85. The lowest BCUT2D eigenvalue weighted by Crippen LogP contribution is -2.38. The lowest BCUT2D eigenvalue weighted by atomic mass is 10.3. The predicted octanol–water partition coefficient (Wildman–Crippen LogP) is 1.13. The normalized spacial score (nSPS) is 13.3. The van der Waals surface area contributed by atoms with E-state index in [9.17, 15) is 0 Å². The molecule has 0 aromatic carbocycles. The molecule has 0 amide bonds. The van der Waals surface area contributed by atoms with Crippen LogP contribution in [0.5, 0.6) is 0 Å². The summed E-state index contributed by atoms with van der Waals surface area (Å²) >= 11 is 0. The molecule has 0 aliphatic heterocycles. The van der Waals surface area contributed by atoms with Crippen LogP contribution in [0.3, 0.4) is 0 Å². The van der Waals surface area contributed by atoms with Crippen molar-refractivity contribution in [1.29, 1.82) is 0 Å². The van der Waals surface area contributed by atoms with Crippen molar-refractivity contribution in [3.63, 3.8) is 0 Å². The minimum Gasteiger partial charge on any atom is -0.383 e. The third-order valence-corrected chi connectivity index (χ3v) is 3.33. The summed E-state index contributed by atoms with van der Waals surface area (Å²) in [6, 6.07) is 0.890. The highest BCUT2D eigenvalue weighted by Crippen LogP contribution is 2.01. The Bertz CT molecular complexity index is 366. The lowest BCUT2D eigenvalue weighted by molar-refractivity contribution is 0.0994. The number of aromatic nitrogens is 3. The molecule has 1 unspecified atom stereocenters. The van der Waals surface area contributed by atoms with E-state index in [1.54, 1.807) is 7.11 Å². The van der Waals surface area contributed by atoms with Gasteiger partial charge in [-0.05, 0) is 13.5 Å². The van der Waals surface area contributed by atoms with E-state index in [-0.39, 0.29) is 0 Å². The van der Waals surface area contributed by atoms with Crippen LogP contribution >= 0.6 is 0 Å². The molecule has 1 heterocycles. The van der Waals surface area contributed by atoms with Gasteiger partial charge in [-0.3, -0.25) is 9.58 Å². The van der Waals surface area contributed by atoms with E-state index in [2.05, 4.69) is 48.2 Å². The zero-order valence-corrected chi connectivity index (χ0v) is 13.5. The van der Waals surface area contributed by atoms with Crippen molar-refractivity contribution in [2.45, 2.75) is 52.9 Å². The predicted molar refractivity (Wildman–Crippen MR) is 80.6 cm³/mol. The maximum atomic E-state index is 5.21. The van der Waals surface area contributed by atoms with Crippen molar-refractivity contribution in [3.05, 3.63) is 11.9 Å². The van der Waals surface area contributed by atoms with Gasteiger partial charge in [0.15, 0.2) is 0 Å². The van der Waals surface area contributed by atoms with Gasteiger partial charge in [-0.2, -0.15) is 0 Å². The fourth-order valence-corrected chi connectivity index (χ4v) is 2.11. The summed E-state index contributed by atoms with van der Waals surface area (Å²) in [5.74, 6) is 0. The van der Waals surface area contributed by atoms with Crippen LogP contribution in [0.2, 0.25) is 0 Å². The molecule has 6 nitrogen and oxygen atoms in total. The van der Waals surface area contributed by atoms with Crippen molar-refractivity contribution in [2.75, 3.05) is 26.8 Å². The summed E-state index contributed by atoms with van der Waals surface area (Å²) in [5, 5.41) is 11.7. The first-order chi connectivity index (χ1) is 9.56. The Hall–Kier alpha value is -0.980. The van der Waals surface area contributed by atoms with Crippen LogP contribution in [0.15, 0.2) is 6.20 Å². The van der Waals surface area contributed by atoms with E-state index < -0.39 is 0 Å². The van der Waals surface area contributed by atoms with Crippen LogP contribution in [0.4, 0.5) is 0 Å². The van der Waals surface area contributed by atoms with Crippen LogP contribution in [0.25, 0.3) is 0 Å². The fraction of sp³-hybridized carbons (Fsp3) is 0.857. The topological polar surface area (TPSA) is 55.2 Å². The van der Waals surface area contributed by atoms with Crippen molar-refractivity contribution in [3.8, 4) is 0 Å². The fourth-order valence-electron chi connectivity index (χ4n) is 2.11. The van der Waals surface area contributed by atoms with Crippen molar-refractivity contribution in [2.24, 2.45) is 0 Å². The first-order valence-electron chi connectivity index (χ1n) is 7.42. The van der Waals surface area contributed by atoms with Gasteiger partial charge in [-0.25, -0.2) is 0 Å².